The molecular weight excluding hydrogens is 478 g/mol. The number of ether oxygens (including phenoxy) is 3. The zero-order valence-electron chi connectivity index (χ0n) is 20.3. The van der Waals surface area contributed by atoms with Crippen LogP contribution in [0, 0.1) is 6.92 Å². The second kappa shape index (κ2) is 12.6. The lowest BCUT2D eigenvalue weighted by Gasteiger charge is -2.26. The van der Waals surface area contributed by atoms with E-state index in [1.54, 1.807) is 12.1 Å². The van der Waals surface area contributed by atoms with Crippen molar-refractivity contribution in [2.24, 2.45) is 0 Å². The fourth-order valence-corrected chi connectivity index (χ4v) is 4.20. The first-order chi connectivity index (χ1) is 17.5. The van der Waals surface area contributed by atoms with E-state index in [9.17, 15) is 4.79 Å². The molecule has 1 aliphatic rings. The van der Waals surface area contributed by atoms with Gasteiger partial charge in [0.25, 0.3) is 0 Å². The maximum atomic E-state index is 10.7. The van der Waals surface area contributed by atoms with Crippen molar-refractivity contribution < 1.29 is 24.1 Å². The van der Waals surface area contributed by atoms with Crippen LogP contribution < -0.4 is 9.47 Å². The molecule has 0 saturated carbocycles. The Labute approximate surface area is 216 Å². The van der Waals surface area contributed by atoms with Crippen LogP contribution >= 0.6 is 11.6 Å². The van der Waals surface area contributed by atoms with Crippen molar-refractivity contribution in [3.63, 3.8) is 0 Å². The van der Waals surface area contributed by atoms with Crippen LogP contribution in [0.5, 0.6) is 11.5 Å². The molecule has 0 aliphatic carbocycles. The summed E-state index contributed by atoms with van der Waals surface area (Å²) < 4.78 is 16.7. The highest BCUT2D eigenvalue weighted by molar-refractivity contribution is 6.30. The number of benzene rings is 3. The molecule has 1 N–H and O–H groups in total. The number of hydrogen-bond acceptors (Lipinski definition) is 5. The molecule has 1 fully saturated rings. The van der Waals surface area contributed by atoms with E-state index >= 15 is 0 Å². The largest absolute Gasteiger partial charge is 0.489 e. The molecule has 0 atom stereocenters. The van der Waals surface area contributed by atoms with Gasteiger partial charge in [-0.25, -0.2) is 4.79 Å². The van der Waals surface area contributed by atoms with Crippen LogP contribution in [0.4, 0.5) is 0 Å². The van der Waals surface area contributed by atoms with Gasteiger partial charge in [0, 0.05) is 24.7 Å². The number of hydrogen-bond donors (Lipinski definition) is 1. The first kappa shape index (κ1) is 25.8. The van der Waals surface area contributed by atoms with Gasteiger partial charge >= 0.3 is 5.97 Å². The molecule has 3 aromatic rings. The average molecular weight is 508 g/mol. The van der Waals surface area contributed by atoms with Crippen LogP contribution in [-0.2, 0) is 16.1 Å². The second-order valence-corrected chi connectivity index (χ2v) is 9.07. The standard InChI is InChI=1S/C29H30ClNO5/c1-21-18-26(10-11-28(21)36-20-29(32)33)35-15-12-27(24-6-8-25(30)9-7-24)23-4-2-22(3-5-23)19-31-13-16-34-17-14-31/h2-12,18H,13-17,19-20H2,1H3,(H,32,33)/b27-12+. The Hall–Kier alpha value is -3.32. The number of carbonyl (C=O) groups is 1. The molecule has 188 valence electrons. The van der Waals surface area contributed by atoms with Crippen molar-refractivity contribution in [2.45, 2.75) is 13.5 Å². The Kier molecular flexibility index (Phi) is 9.01. The van der Waals surface area contributed by atoms with Crippen LogP contribution in [-0.4, -0.2) is 55.5 Å². The molecular formula is C29H30ClNO5. The summed E-state index contributed by atoms with van der Waals surface area (Å²) in [5.74, 6) is 0.200. The van der Waals surface area contributed by atoms with E-state index in [0.717, 1.165) is 55.1 Å². The van der Waals surface area contributed by atoms with Gasteiger partial charge < -0.3 is 19.3 Å². The number of carboxylic acid groups (broad SMARTS) is 1. The highest BCUT2D eigenvalue weighted by atomic mass is 35.5. The first-order valence-corrected chi connectivity index (χ1v) is 12.3. The van der Waals surface area contributed by atoms with E-state index in [4.69, 9.17) is 30.9 Å². The Bertz CT molecular complexity index is 1190. The van der Waals surface area contributed by atoms with E-state index in [1.807, 2.05) is 37.3 Å². The second-order valence-electron chi connectivity index (χ2n) is 8.63. The molecule has 0 spiro atoms. The summed E-state index contributed by atoms with van der Waals surface area (Å²) in [5, 5.41) is 9.50. The first-order valence-electron chi connectivity index (χ1n) is 11.9. The molecule has 0 unspecified atom stereocenters. The van der Waals surface area contributed by atoms with Crippen LogP contribution in [0.15, 0.2) is 72.8 Å². The Morgan fingerprint density at radius 2 is 1.67 bits per heavy atom. The maximum absolute atomic E-state index is 10.7. The SMILES string of the molecule is Cc1cc(OC/C=C(/c2ccc(Cl)cc2)c2ccc(CN3CCOCC3)cc2)ccc1OCC(=O)O. The summed E-state index contributed by atoms with van der Waals surface area (Å²) in [7, 11) is 0. The Morgan fingerprint density at radius 1 is 1.00 bits per heavy atom. The monoisotopic (exact) mass is 507 g/mol. The molecule has 0 amide bonds. The Balaban J connectivity index is 1.48. The molecule has 1 heterocycles. The van der Waals surface area contributed by atoms with Crippen molar-refractivity contribution in [2.75, 3.05) is 39.5 Å². The average Bonchev–Trinajstić information content (AvgIpc) is 2.88. The lowest BCUT2D eigenvalue weighted by molar-refractivity contribution is -0.139. The summed E-state index contributed by atoms with van der Waals surface area (Å²) in [5.41, 5.74) is 5.29. The van der Waals surface area contributed by atoms with Gasteiger partial charge in [0.15, 0.2) is 6.61 Å². The smallest absolute Gasteiger partial charge is 0.341 e. The van der Waals surface area contributed by atoms with Crippen molar-refractivity contribution in [1.29, 1.82) is 0 Å². The van der Waals surface area contributed by atoms with Crippen molar-refractivity contribution in [3.8, 4) is 11.5 Å². The summed E-state index contributed by atoms with van der Waals surface area (Å²) in [4.78, 5) is 13.2. The van der Waals surface area contributed by atoms with Gasteiger partial charge in [0.1, 0.15) is 18.1 Å². The minimum absolute atomic E-state index is 0.363. The fourth-order valence-electron chi connectivity index (χ4n) is 4.07. The van der Waals surface area contributed by atoms with Gasteiger partial charge in [-0.05, 0) is 71.2 Å². The minimum Gasteiger partial charge on any atom is -0.489 e. The van der Waals surface area contributed by atoms with E-state index < -0.39 is 5.97 Å². The number of morpholine rings is 1. The molecule has 7 heteroatoms. The molecule has 0 radical (unpaired) electrons. The molecule has 36 heavy (non-hydrogen) atoms. The zero-order chi connectivity index (χ0) is 25.3. The van der Waals surface area contributed by atoms with Crippen LogP contribution in [0.2, 0.25) is 5.02 Å². The van der Waals surface area contributed by atoms with Crippen molar-refractivity contribution >= 4 is 23.1 Å². The van der Waals surface area contributed by atoms with Gasteiger partial charge in [-0.1, -0.05) is 48.0 Å². The van der Waals surface area contributed by atoms with Crippen LogP contribution in [0.25, 0.3) is 5.57 Å². The summed E-state index contributed by atoms with van der Waals surface area (Å²) in [6, 6.07) is 21.8. The molecule has 3 aromatic carbocycles. The van der Waals surface area contributed by atoms with E-state index in [-0.39, 0.29) is 6.61 Å². The topological polar surface area (TPSA) is 68.2 Å². The van der Waals surface area contributed by atoms with Crippen molar-refractivity contribution in [1.82, 2.24) is 4.90 Å². The number of aliphatic carboxylic acids is 1. The predicted octanol–water partition coefficient (Wildman–Crippen LogP) is 5.45. The summed E-state index contributed by atoms with van der Waals surface area (Å²) >= 11 is 6.13. The lowest BCUT2D eigenvalue weighted by Crippen LogP contribution is -2.35. The summed E-state index contributed by atoms with van der Waals surface area (Å²) in [6.45, 7) is 6.26. The highest BCUT2D eigenvalue weighted by Crippen LogP contribution is 2.27. The third-order valence-corrected chi connectivity index (χ3v) is 6.22. The number of carboxylic acids is 1. The van der Waals surface area contributed by atoms with Gasteiger partial charge in [0.2, 0.25) is 0 Å². The van der Waals surface area contributed by atoms with E-state index in [0.29, 0.717) is 23.1 Å². The predicted molar refractivity (Wildman–Crippen MR) is 141 cm³/mol. The lowest BCUT2D eigenvalue weighted by atomic mass is 9.96. The number of aryl methyl sites for hydroxylation is 1. The fraction of sp³-hybridized carbons (Fsp3) is 0.276. The summed E-state index contributed by atoms with van der Waals surface area (Å²) in [6.07, 6.45) is 2.06. The molecule has 0 bridgehead atoms. The van der Waals surface area contributed by atoms with Crippen LogP contribution in [0.3, 0.4) is 0 Å². The third-order valence-electron chi connectivity index (χ3n) is 5.97. The zero-order valence-corrected chi connectivity index (χ0v) is 21.0. The van der Waals surface area contributed by atoms with E-state index in [2.05, 4.69) is 35.2 Å². The quantitative estimate of drug-likeness (QED) is 0.393. The molecule has 1 aliphatic heterocycles. The third kappa shape index (κ3) is 7.34. The minimum atomic E-state index is -1.01. The van der Waals surface area contributed by atoms with Crippen LogP contribution in [0.1, 0.15) is 22.3 Å². The van der Waals surface area contributed by atoms with Gasteiger partial charge in [-0.15, -0.1) is 0 Å². The number of rotatable bonds is 10. The van der Waals surface area contributed by atoms with Gasteiger partial charge in [0.05, 0.1) is 13.2 Å². The Morgan fingerprint density at radius 3 is 2.31 bits per heavy atom. The number of nitrogens with zero attached hydrogens (tertiary/aromatic N) is 1. The van der Waals surface area contributed by atoms with Gasteiger partial charge in [-0.2, -0.15) is 0 Å². The maximum Gasteiger partial charge on any atom is 0.341 e. The number of halogens is 1. The molecule has 4 rings (SSSR count). The van der Waals surface area contributed by atoms with Crippen molar-refractivity contribution in [3.05, 3.63) is 100 Å². The normalized spacial score (nSPS) is 14.4. The van der Waals surface area contributed by atoms with Gasteiger partial charge in [-0.3, -0.25) is 4.90 Å². The highest BCUT2D eigenvalue weighted by Gasteiger charge is 2.12. The molecule has 6 nitrogen and oxygen atoms in total. The molecule has 0 aromatic heterocycles. The van der Waals surface area contributed by atoms with E-state index in [1.165, 1.54) is 5.56 Å². The molecule has 1 saturated heterocycles.